The molecule has 1 aromatic heterocycles. The fourth-order valence-corrected chi connectivity index (χ4v) is 0.849. The minimum atomic E-state index is -2.64. The highest BCUT2D eigenvalue weighted by atomic mass is 19.3. The van der Waals surface area contributed by atoms with Gasteiger partial charge in [-0.3, -0.25) is 0 Å². The number of rotatable bonds is 1. The van der Waals surface area contributed by atoms with E-state index < -0.39 is 12.2 Å². The van der Waals surface area contributed by atoms with Crippen LogP contribution in [0.1, 0.15) is 17.7 Å². The molecule has 0 amide bonds. The van der Waals surface area contributed by atoms with Crippen LogP contribution >= 0.6 is 0 Å². The molecule has 1 aromatic rings. The van der Waals surface area contributed by atoms with Crippen molar-refractivity contribution in [2.75, 3.05) is 5.73 Å². The molecule has 5 heteroatoms. The molecule has 66 valence electrons. The highest BCUT2D eigenvalue weighted by Crippen LogP contribution is 2.27. The average molecular weight is 174 g/mol. The van der Waals surface area contributed by atoms with E-state index in [1.807, 2.05) is 0 Å². The Hall–Kier alpha value is -1.39. The van der Waals surface area contributed by atoms with Crippen molar-refractivity contribution >= 4 is 5.82 Å². The molecule has 0 saturated carbocycles. The zero-order chi connectivity index (χ0) is 9.30. The lowest BCUT2D eigenvalue weighted by atomic mass is 10.2. The lowest BCUT2D eigenvalue weighted by Crippen LogP contribution is -1.98. The number of alkyl halides is 2. The van der Waals surface area contributed by atoms with Crippen molar-refractivity contribution in [2.45, 2.75) is 13.3 Å². The predicted molar refractivity (Wildman–Crippen MR) is 40.0 cm³/mol. The topological polar surface area (TPSA) is 59.1 Å². The van der Waals surface area contributed by atoms with Crippen molar-refractivity contribution in [3.05, 3.63) is 17.3 Å². The number of halogens is 2. The van der Waals surface area contributed by atoms with Crippen molar-refractivity contribution in [3.63, 3.8) is 0 Å². The third kappa shape index (κ3) is 1.44. The van der Waals surface area contributed by atoms with E-state index in [4.69, 9.17) is 10.8 Å². The van der Waals surface area contributed by atoms with Crippen molar-refractivity contribution in [3.8, 4) is 5.75 Å². The van der Waals surface area contributed by atoms with E-state index >= 15 is 0 Å². The number of nitrogen functional groups attached to an aromatic ring is 1. The molecule has 0 aromatic carbocycles. The molecule has 1 rings (SSSR count). The molecular formula is C7H8F2N2O. The Bertz CT molecular complexity index is 302. The van der Waals surface area contributed by atoms with Gasteiger partial charge in [-0.25, -0.2) is 13.8 Å². The molecule has 0 saturated heterocycles. The van der Waals surface area contributed by atoms with E-state index in [1.165, 1.54) is 6.92 Å². The molecule has 0 spiro atoms. The highest BCUT2D eigenvalue weighted by Gasteiger charge is 2.13. The van der Waals surface area contributed by atoms with Gasteiger partial charge >= 0.3 is 0 Å². The monoisotopic (exact) mass is 174 g/mol. The second-order valence-corrected chi connectivity index (χ2v) is 2.37. The maximum absolute atomic E-state index is 12.1. The minimum Gasteiger partial charge on any atom is -0.504 e. The van der Waals surface area contributed by atoms with E-state index in [0.29, 0.717) is 0 Å². The fourth-order valence-electron chi connectivity index (χ4n) is 0.849. The van der Waals surface area contributed by atoms with Gasteiger partial charge in [0.2, 0.25) is 0 Å². The standard InChI is InChI=1S/C7H8F2N2O/c1-3-4(6(8)9)2-5(12)7(10)11-3/h2,6,12H,1H3,(H2,10,11). The zero-order valence-corrected chi connectivity index (χ0v) is 6.38. The van der Waals surface area contributed by atoms with Gasteiger partial charge in [-0.1, -0.05) is 0 Å². The van der Waals surface area contributed by atoms with Crippen molar-refractivity contribution in [1.29, 1.82) is 0 Å². The summed E-state index contributed by atoms with van der Waals surface area (Å²) in [7, 11) is 0. The van der Waals surface area contributed by atoms with Crippen molar-refractivity contribution in [2.24, 2.45) is 0 Å². The van der Waals surface area contributed by atoms with Crippen LogP contribution in [0.3, 0.4) is 0 Å². The Morgan fingerprint density at radius 3 is 2.67 bits per heavy atom. The van der Waals surface area contributed by atoms with Crippen LogP contribution in [0.15, 0.2) is 6.07 Å². The number of aromatic nitrogens is 1. The van der Waals surface area contributed by atoms with Crippen LogP contribution in [0.25, 0.3) is 0 Å². The summed E-state index contributed by atoms with van der Waals surface area (Å²) in [5.74, 6) is -0.534. The lowest BCUT2D eigenvalue weighted by Gasteiger charge is -2.05. The molecule has 0 aliphatic rings. The SMILES string of the molecule is Cc1nc(N)c(O)cc1C(F)F. The first kappa shape index (κ1) is 8.70. The summed E-state index contributed by atoms with van der Waals surface area (Å²) < 4.78 is 24.3. The van der Waals surface area contributed by atoms with Crippen LogP contribution in [0.2, 0.25) is 0 Å². The minimum absolute atomic E-state index is 0.128. The van der Waals surface area contributed by atoms with Crippen LogP contribution in [0.4, 0.5) is 14.6 Å². The van der Waals surface area contributed by atoms with Crippen LogP contribution in [-0.4, -0.2) is 10.1 Å². The zero-order valence-electron chi connectivity index (χ0n) is 6.38. The van der Waals surface area contributed by atoms with Gasteiger partial charge in [0, 0.05) is 11.3 Å². The van der Waals surface area contributed by atoms with Crippen LogP contribution in [-0.2, 0) is 0 Å². The Morgan fingerprint density at radius 2 is 2.17 bits per heavy atom. The second kappa shape index (κ2) is 2.92. The summed E-state index contributed by atoms with van der Waals surface area (Å²) in [6.45, 7) is 1.41. The van der Waals surface area contributed by atoms with E-state index in [0.717, 1.165) is 6.07 Å². The van der Waals surface area contributed by atoms with E-state index in [2.05, 4.69) is 4.98 Å². The van der Waals surface area contributed by atoms with Gasteiger partial charge in [-0.15, -0.1) is 0 Å². The van der Waals surface area contributed by atoms with E-state index in [-0.39, 0.29) is 17.1 Å². The maximum atomic E-state index is 12.1. The molecule has 0 unspecified atom stereocenters. The number of aryl methyl sites for hydroxylation is 1. The summed E-state index contributed by atoms with van der Waals surface area (Å²) in [5.41, 5.74) is 5.03. The predicted octanol–water partition coefficient (Wildman–Crippen LogP) is 1.62. The highest BCUT2D eigenvalue weighted by molar-refractivity contribution is 5.48. The number of nitrogens with zero attached hydrogens (tertiary/aromatic N) is 1. The number of hydrogen-bond acceptors (Lipinski definition) is 3. The third-order valence-electron chi connectivity index (χ3n) is 1.50. The Kier molecular flexibility index (Phi) is 2.12. The summed E-state index contributed by atoms with van der Waals surface area (Å²) in [5, 5.41) is 8.95. The maximum Gasteiger partial charge on any atom is 0.265 e. The molecular weight excluding hydrogens is 166 g/mol. The first-order valence-corrected chi connectivity index (χ1v) is 3.26. The molecule has 0 aliphatic heterocycles. The summed E-state index contributed by atoms with van der Waals surface area (Å²) in [6.07, 6.45) is -2.64. The fraction of sp³-hybridized carbons (Fsp3) is 0.286. The molecule has 1 heterocycles. The van der Waals surface area contributed by atoms with Gasteiger partial charge in [-0.05, 0) is 13.0 Å². The van der Waals surface area contributed by atoms with E-state index in [1.54, 1.807) is 0 Å². The first-order valence-electron chi connectivity index (χ1n) is 3.26. The lowest BCUT2D eigenvalue weighted by molar-refractivity contribution is 0.149. The molecule has 12 heavy (non-hydrogen) atoms. The Balaban J connectivity index is 3.23. The molecule has 0 radical (unpaired) electrons. The number of hydrogen-bond donors (Lipinski definition) is 2. The van der Waals surface area contributed by atoms with Gasteiger partial charge in [-0.2, -0.15) is 0 Å². The summed E-state index contributed by atoms with van der Waals surface area (Å²) >= 11 is 0. The smallest absolute Gasteiger partial charge is 0.265 e. The Labute approximate surface area is 67.8 Å². The van der Waals surface area contributed by atoms with Gasteiger partial charge in [0.15, 0.2) is 11.6 Å². The van der Waals surface area contributed by atoms with Crippen molar-refractivity contribution in [1.82, 2.24) is 4.98 Å². The van der Waals surface area contributed by atoms with Crippen LogP contribution in [0, 0.1) is 6.92 Å². The largest absolute Gasteiger partial charge is 0.504 e. The molecule has 0 aliphatic carbocycles. The number of nitrogens with two attached hydrogens (primary N) is 1. The second-order valence-electron chi connectivity index (χ2n) is 2.37. The van der Waals surface area contributed by atoms with Gasteiger partial charge in [0.25, 0.3) is 6.43 Å². The normalized spacial score (nSPS) is 10.7. The average Bonchev–Trinajstić information content (AvgIpc) is 1.96. The number of anilines is 1. The Morgan fingerprint density at radius 1 is 1.58 bits per heavy atom. The van der Waals surface area contributed by atoms with Gasteiger partial charge in [0.05, 0.1) is 0 Å². The molecule has 3 nitrogen and oxygen atoms in total. The summed E-state index contributed by atoms with van der Waals surface area (Å²) in [6, 6.07) is 0.933. The molecule has 0 fully saturated rings. The van der Waals surface area contributed by atoms with E-state index in [9.17, 15) is 8.78 Å². The molecule has 0 bridgehead atoms. The number of aromatic hydroxyl groups is 1. The molecule has 0 atom stereocenters. The van der Waals surface area contributed by atoms with Crippen molar-refractivity contribution < 1.29 is 13.9 Å². The van der Waals surface area contributed by atoms with Gasteiger partial charge < -0.3 is 10.8 Å². The number of pyridine rings is 1. The van der Waals surface area contributed by atoms with Crippen LogP contribution < -0.4 is 5.73 Å². The van der Waals surface area contributed by atoms with Crippen LogP contribution in [0.5, 0.6) is 5.75 Å². The molecule has 3 N–H and O–H groups in total. The quantitative estimate of drug-likeness (QED) is 0.680. The van der Waals surface area contributed by atoms with Gasteiger partial charge in [0.1, 0.15) is 0 Å². The summed E-state index contributed by atoms with van der Waals surface area (Å²) in [4.78, 5) is 3.54. The third-order valence-corrected chi connectivity index (χ3v) is 1.50. The first-order chi connectivity index (χ1) is 5.52.